The topological polar surface area (TPSA) is 54.5 Å². The summed E-state index contributed by atoms with van der Waals surface area (Å²) >= 11 is 0. The van der Waals surface area contributed by atoms with E-state index in [0.29, 0.717) is 6.04 Å². The van der Waals surface area contributed by atoms with Crippen molar-refractivity contribution in [3.8, 4) is 0 Å². The molecule has 1 aliphatic heterocycles. The van der Waals surface area contributed by atoms with Crippen LogP contribution >= 0.6 is 0 Å². The van der Waals surface area contributed by atoms with Crippen LogP contribution in [0.15, 0.2) is 36.5 Å². The molecule has 3 rings (SSSR count). The van der Waals surface area contributed by atoms with Gasteiger partial charge in [0.05, 0.1) is 5.52 Å². The molecule has 0 bridgehead atoms. The zero-order valence-electron chi connectivity index (χ0n) is 14.6. The third-order valence-corrected chi connectivity index (χ3v) is 4.15. The predicted molar refractivity (Wildman–Crippen MR) is 96.2 cm³/mol. The number of pyridine rings is 1. The molecule has 0 spiro atoms. The highest BCUT2D eigenvalue weighted by Crippen LogP contribution is 2.24. The monoisotopic (exact) mass is 327 g/mol. The van der Waals surface area contributed by atoms with Gasteiger partial charge in [-0.15, -0.1) is 0 Å². The summed E-state index contributed by atoms with van der Waals surface area (Å²) in [7, 11) is 0. The number of anilines is 1. The fraction of sp³-hybridized carbons (Fsp3) is 0.474. The maximum absolute atomic E-state index is 12.1. The number of nitrogens with zero attached hydrogens (tertiary/aromatic N) is 2. The fourth-order valence-electron chi connectivity index (χ4n) is 2.98. The first-order chi connectivity index (χ1) is 11.4. The lowest BCUT2D eigenvalue weighted by Crippen LogP contribution is -2.44. The minimum atomic E-state index is -0.442. The number of aromatic nitrogens is 1. The Hall–Kier alpha value is -2.30. The van der Waals surface area contributed by atoms with Gasteiger partial charge in [-0.3, -0.25) is 4.98 Å². The van der Waals surface area contributed by atoms with Crippen LogP contribution in [-0.4, -0.2) is 40.7 Å². The van der Waals surface area contributed by atoms with E-state index >= 15 is 0 Å². The molecule has 2 aromatic rings. The third-order valence-electron chi connectivity index (χ3n) is 4.15. The Kier molecular flexibility index (Phi) is 4.60. The summed E-state index contributed by atoms with van der Waals surface area (Å²) in [5, 5.41) is 4.75. The molecule has 0 unspecified atom stereocenters. The van der Waals surface area contributed by atoms with Crippen LogP contribution in [0.3, 0.4) is 0 Å². The van der Waals surface area contributed by atoms with Gasteiger partial charge in [0.1, 0.15) is 5.60 Å². The van der Waals surface area contributed by atoms with Crippen LogP contribution in [0, 0.1) is 0 Å². The van der Waals surface area contributed by atoms with Crippen molar-refractivity contribution < 1.29 is 9.53 Å². The first-order valence-electron chi connectivity index (χ1n) is 8.50. The summed E-state index contributed by atoms with van der Waals surface area (Å²) in [5.41, 5.74) is 1.66. The maximum Gasteiger partial charge on any atom is 0.410 e. The molecule has 1 aliphatic rings. The van der Waals surface area contributed by atoms with Gasteiger partial charge in [-0.1, -0.05) is 6.07 Å². The highest BCUT2D eigenvalue weighted by molar-refractivity contribution is 5.91. The van der Waals surface area contributed by atoms with E-state index in [4.69, 9.17) is 4.74 Å². The van der Waals surface area contributed by atoms with Crippen molar-refractivity contribution in [1.82, 2.24) is 9.88 Å². The van der Waals surface area contributed by atoms with Gasteiger partial charge in [-0.05, 0) is 57.9 Å². The molecular weight excluding hydrogens is 302 g/mol. The number of hydrogen-bond acceptors (Lipinski definition) is 4. The molecule has 1 N–H and O–H groups in total. The van der Waals surface area contributed by atoms with Crippen molar-refractivity contribution in [2.45, 2.75) is 45.3 Å². The Morgan fingerprint density at radius 2 is 1.96 bits per heavy atom. The lowest BCUT2D eigenvalue weighted by atomic mass is 10.0. The second-order valence-electron chi connectivity index (χ2n) is 7.26. The number of nitrogens with one attached hydrogen (secondary N) is 1. The highest BCUT2D eigenvalue weighted by atomic mass is 16.6. The summed E-state index contributed by atoms with van der Waals surface area (Å²) in [4.78, 5) is 18.3. The SMILES string of the molecule is CC(C)(C)OC(=O)N1CCC(Nc2cccc3ncccc23)CC1. The molecule has 5 nitrogen and oxygen atoms in total. The lowest BCUT2D eigenvalue weighted by molar-refractivity contribution is 0.0210. The molecule has 1 amide bonds. The number of hydrogen-bond donors (Lipinski definition) is 1. The number of likely N-dealkylation sites (tertiary alicyclic amines) is 1. The first kappa shape index (κ1) is 16.6. The van der Waals surface area contributed by atoms with Crippen LogP contribution in [0.4, 0.5) is 10.5 Å². The van der Waals surface area contributed by atoms with Gasteiger partial charge < -0.3 is 15.0 Å². The molecule has 1 aromatic heterocycles. The molecule has 1 aromatic carbocycles. The Balaban J connectivity index is 1.60. The molecule has 1 fully saturated rings. The van der Waals surface area contributed by atoms with Crippen LogP contribution in [0.5, 0.6) is 0 Å². The van der Waals surface area contributed by atoms with E-state index < -0.39 is 5.60 Å². The maximum atomic E-state index is 12.1. The van der Waals surface area contributed by atoms with Crippen LogP contribution in [0.25, 0.3) is 10.9 Å². The standard InChI is InChI=1S/C19H25N3O2/c1-19(2,3)24-18(23)22-12-9-14(10-13-22)21-17-8-4-7-16-15(17)6-5-11-20-16/h4-8,11,14,21H,9-10,12-13H2,1-3H3. The number of carbonyl (C=O) groups is 1. The van der Waals surface area contributed by atoms with Gasteiger partial charge in [-0.2, -0.15) is 0 Å². The molecule has 0 saturated carbocycles. The van der Waals surface area contributed by atoms with Gasteiger partial charge in [0.15, 0.2) is 0 Å². The van der Waals surface area contributed by atoms with Crippen LogP contribution in [0.2, 0.25) is 0 Å². The number of piperidine rings is 1. The Labute approximate surface area is 143 Å². The molecule has 2 heterocycles. The van der Waals surface area contributed by atoms with Crippen LogP contribution < -0.4 is 5.32 Å². The Morgan fingerprint density at radius 1 is 1.21 bits per heavy atom. The molecule has 5 heteroatoms. The second kappa shape index (κ2) is 6.67. The number of fused-ring (bicyclic) bond motifs is 1. The van der Waals surface area contributed by atoms with Gasteiger partial charge in [0.25, 0.3) is 0 Å². The van der Waals surface area contributed by atoms with E-state index in [1.807, 2.05) is 45.2 Å². The number of ether oxygens (including phenoxy) is 1. The predicted octanol–water partition coefficient (Wildman–Crippen LogP) is 4.05. The number of benzene rings is 1. The minimum Gasteiger partial charge on any atom is -0.444 e. The largest absolute Gasteiger partial charge is 0.444 e. The molecule has 24 heavy (non-hydrogen) atoms. The summed E-state index contributed by atoms with van der Waals surface area (Å²) in [5.74, 6) is 0. The lowest BCUT2D eigenvalue weighted by Gasteiger charge is -2.34. The normalized spacial score (nSPS) is 16.2. The summed E-state index contributed by atoms with van der Waals surface area (Å²) in [6.07, 6.45) is 3.42. The van der Waals surface area contributed by atoms with Crippen molar-refractivity contribution >= 4 is 22.7 Å². The van der Waals surface area contributed by atoms with Crippen molar-refractivity contribution in [3.63, 3.8) is 0 Å². The molecule has 0 atom stereocenters. The number of carbonyl (C=O) groups excluding carboxylic acids is 1. The Bertz CT molecular complexity index is 711. The number of rotatable bonds is 2. The molecule has 128 valence electrons. The first-order valence-corrected chi connectivity index (χ1v) is 8.50. The van der Waals surface area contributed by atoms with Gasteiger partial charge in [0, 0.05) is 36.4 Å². The van der Waals surface area contributed by atoms with E-state index in [1.165, 1.54) is 0 Å². The quantitative estimate of drug-likeness (QED) is 0.904. The van der Waals surface area contributed by atoms with Gasteiger partial charge in [0.2, 0.25) is 0 Å². The average Bonchev–Trinajstić information content (AvgIpc) is 2.54. The van der Waals surface area contributed by atoms with E-state index in [9.17, 15) is 4.79 Å². The Morgan fingerprint density at radius 3 is 2.67 bits per heavy atom. The van der Waals surface area contributed by atoms with E-state index in [1.54, 1.807) is 4.90 Å². The summed E-state index contributed by atoms with van der Waals surface area (Å²) in [6, 6.07) is 10.5. The zero-order valence-corrected chi connectivity index (χ0v) is 14.6. The summed E-state index contributed by atoms with van der Waals surface area (Å²) < 4.78 is 5.45. The van der Waals surface area contributed by atoms with E-state index in [2.05, 4.69) is 22.4 Å². The summed E-state index contributed by atoms with van der Waals surface area (Å²) in [6.45, 7) is 7.13. The van der Waals surface area contributed by atoms with Crippen molar-refractivity contribution in [2.75, 3.05) is 18.4 Å². The van der Waals surface area contributed by atoms with Gasteiger partial charge in [-0.25, -0.2) is 4.79 Å². The minimum absolute atomic E-state index is 0.213. The van der Waals surface area contributed by atoms with Gasteiger partial charge >= 0.3 is 6.09 Å². The number of amides is 1. The fourth-order valence-corrected chi connectivity index (χ4v) is 2.98. The van der Waals surface area contributed by atoms with E-state index in [0.717, 1.165) is 42.5 Å². The molecular formula is C19H25N3O2. The van der Waals surface area contributed by atoms with E-state index in [-0.39, 0.29) is 6.09 Å². The molecule has 0 radical (unpaired) electrons. The van der Waals surface area contributed by atoms with Crippen molar-refractivity contribution in [1.29, 1.82) is 0 Å². The highest BCUT2D eigenvalue weighted by Gasteiger charge is 2.26. The van der Waals surface area contributed by atoms with Crippen molar-refractivity contribution in [2.24, 2.45) is 0 Å². The molecule has 1 saturated heterocycles. The average molecular weight is 327 g/mol. The van der Waals surface area contributed by atoms with Crippen molar-refractivity contribution in [3.05, 3.63) is 36.5 Å². The zero-order chi connectivity index (χ0) is 17.2. The van der Waals surface area contributed by atoms with Crippen LogP contribution in [-0.2, 0) is 4.74 Å². The third kappa shape index (κ3) is 3.96. The van der Waals surface area contributed by atoms with Crippen LogP contribution in [0.1, 0.15) is 33.6 Å². The second-order valence-corrected chi connectivity index (χ2v) is 7.26. The smallest absolute Gasteiger partial charge is 0.410 e. The molecule has 0 aliphatic carbocycles.